The summed E-state index contributed by atoms with van der Waals surface area (Å²) in [6.07, 6.45) is 1.97. The largest absolute Gasteiger partial charge is 0.367 e. The van der Waals surface area contributed by atoms with Gasteiger partial charge in [0.1, 0.15) is 12.2 Å². The van der Waals surface area contributed by atoms with Gasteiger partial charge < -0.3 is 4.74 Å². The lowest BCUT2D eigenvalue weighted by molar-refractivity contribution is 0.0530. The minimum Gasteiger partial charge on any atom is -0.367 e. The molecule has 3 unspecified atom stereocenters. The van der Waals surface area contributed by atoms with Crippen molar-refractivity contribution in [2.45, 2.75) is 31.2 Å². The van der Waals surface area contributed by atoms with Crippen molar-refractivity contribution < 1.29 is 9.84 Å². The molecule has 39 valence electrons. The van der Waals surface area contributed by atoms with Crippen LogP contribution in [0.25, 0.3) is 0 Å². The third-order valence-electron chi connectivity index (χ3n) is 1.72. The van der Waals surface area contributed by atoms with Gasteiger partial charge in [-0.15, -0.1) is 0 Å². The number of hydrogen-bond donors (Lipinski definition) is 0. The first-order chi connectivity index (χ1) is 3.38. The van der Waals surface area contributed by atoms with Gasteiger partial charge in [-0.3, -0.25) is 0 Å². The van der Waals surface area contributed by atoms with Gasteiger partial charge in [-0.25, -0.2) is 5.11 Å². The maximum absolute atomic E-state index is 10.6. The number of hydrogen-bond acceptors (Lipinski definition) is 1. The van der Waals surface area contributed by atoms with Gasteiger partial charge >= 0.3 is 0 Å². The first-order valence-corrected chi connectivity index (χ1v) is 2.69. The van der Waals surface area contributed by atoms with E-state index in [4.69, 9.17) is 4.74 Å². The second-order valence-electron chi connectivity index (χ2n) is 2.25. The highest BCUT2D eigenvalue weighted by molar-refractivity contribution is 4.97. The molecule has 0 spiro atoms. The van der Waals surface area contributed by atoms with E-state index in [1.165, 1.54) is 0 Å². The summed E-state index contributed by atoms with van der Waals surface area (Å²) in [5, 5.41) is 10.6. The summed E-state index contributed by atoms with van der Waals surface area (Å²) < 4.78 is 4.95. The Kier molecular flexibility index (Phi) is 0.557. The highest BCUT2D eigenvalue weighted by Crippen LogP contribution is 2.38. The molecular weight excluding hydrogens is 92.1 g/mol. The summed E-state index contributed by atoms with van der Waals surface area (Å²) in [6, 6.07) is 0. The Morgan fingerprint density at radius 1 is 1.43 bits per heavy atom. The van der Waals surface area contributed by atoms with Crippen molar-refractivity contribution in [3.63, 3.8) is 0 Å². The number of epoxide rings is 1. The Balaban J connectivity index is 2.08. The van der Waals surface area contributed by atoms with Gasteiger partial charge in [0, 0.05) is 0 Å². The van der Waals surface area contributed by atoms with E-state index in [0.29, 0.717) is 6.10 Å². The van der Waals surface area contributed by atoms with Crippen LogP contribution in [0.1, 0.15) is 12.8 Å². The van der Waals surface area contributed by atoms with Crippen LogP contribution in [0.2, 0.25) is 0 Å². The molecular formula is C5H7O2. The molecule has 0 amide bonds. The van der Waals surface area contributed by atoms with E-state index in [9.17, 15) is 5.11 Å². The molecule has 2 aliphatic rings. The van der Waals surface area contributed by atoms with Crippen molar-refractivity contribution >= 4 is 0 Å². The summed E-state index contributed by atoms with van der Waals surface area (Å²) >= 11 is 0. The lowest BCUT2D eigenvalue weighted by Crippen LogP contribution is -2.06. The Morgan fingerprint density at radius 3 is 2.43 bits per heavy atom. The van der Waals surface area contributed by atoms with Crippen molar-refractivity contribution in [3.05, 3.63) is 0 Å². The number of fused-ring (bicyclic) bond motifs is 1. The van der Waals surface area contributed by atoms with Crippen molar-refractivity contribution in [2.75, 3.05) is 0 Å². The van der Waals surface area contributed by atoms with Crippen LogP contribution < -0.4 is 0 Å². The zero-order valence-electron chi connectivity index (χ0n) is 3.96. The monoisotopic (exact) mass is 99.0 g/mol. The van der Waals surface area contributed by atoms with Crippen LogP contribution in [0.4, 0.5) is 0 Å². The molecule has 1 heterocycles. The van der Waals surface area contributed by atoms with E-state index in [2.05, 4.69) is 0 Å². The SMILES string of the molecule is [O]C1CCC2OC12. The van der Waals surface area contributed by atoms with Gasteiger partial charge in [-0.1, -0.05) is 0 Å². The molecule has 1 saturated heterocycles. The Morgan fingerprint density at radius 2 is 2.29 bits per heavy atom. The van der Waals surface area contributed by atoms with Crippen LogP contribution in [0.3, 0.4) is 0 Å². The van der Waals surface area contributed by atoms with Crippen LogP contribution in [-0.2, 0) is 9.84 Å². The van der Waals surface area contributed by atoms with Gasteiger partial charge in [0.15, 0.2) is 0 Å². The Labute approximate surface area is 42.1 Å². The van der Waals surface area contributed by atoms with Gasteiger partial charge in [0.05, 0.1) is 6.10 Å². The summed E-state index contributed by atoms with van der Waals surface area (Å²) in [6.45, 7) is 0. The van der Waals surface area contributed by atoms with Crippen LogP contribution in [0.15, 0.2) is 0 Å². The number of rotatable bonds is 0. The molecule has 2 rings (SSSR count). The summed E-state index contributed by atoms with van der Waals surface area (Å²) in [5.74, 6) is 0. The molecule has 0 N–H and O–H groups in total. The Hall–Kier alpha value is -0.0800. The minimum absolute atomic E-state index is 0.125. The zero-order valence-corrected chi connectivity index (χ0v) is 3.96. The van der Waals surface area contributed by atoms with Crippen molar-refractivity contribution in [1.29, 1.82) is 0 Å². The van der Waals surface area contributed by atoms with Crippen molar-refractivity contribution in [3.8, 4) is 0 Å². The third-order valence-corrected chi connectivity index (χ3v) is 1.72. The van der Waals surface area contributed by atoms with Gasteiger partial charge in [0.2, 0.25) is 0 Å². The molecule has 1 saturated carbocycles. The molecule has 0 aromatic heterocycles. The molecule has 3 atom stereocenters. The molecule has 0 aromatic rings. The quantitative estimate of drug-likeness (QED) is 0.403. The second kappa shape index (κ2) is 1.01. The van der Waals surface area contributed by atoms with Crippen LogP contribution in [0, 0.1) is 0 Å². The zero-order chi connectivity index (χ0) is 4.85. The highest BCUT2D eigenvalue weighted by atomic mass is 16.6. The van der Waals surface area contributed by atoms with Gasteiger partial charge in [-0.05, 0) is 12.8 Å². The molecule has 0 aromatic carbocycles. The lowest BCUT2D eigenvalue weighted by atomic mass is 10.3. The van der Waals surface area contributed by atoms with Crippen LogP contribution >= 0.6 is 0 Å². The van der Waals surface area contributed by atoms with Gasteiger partial charge in [-0.2, -0.15) is 0 Å². The van der Waals surface area contributed by atoms with Crippen molar-refractivity contribution in [2.24, 2.45) is 0 Å². The fraction of sp³-hybridized carbons (Fsp3) is 1.00. The van der Waals surface area contributed by atoms with E-state index < -0.39 is 0 Å². The smallest absolute Gasteiger partial charge is 0.122 e. The highest BCUT2D eigenvalue weighted by Gasteiger charge is 2.50. The van der Waals surface area contributed by atoms with E-state index in [-0.39, 0.29) is 12.2 Å². The predicted molar refractivity (Wildman–Crippen MR) is 22.4 cm³/mol. The number of ether oxygens (including phenoxy) is 1. The molecule has 2 fully saturated rings. The molecule has 0 bridgehead atoms. The lowest BCUT2D eigenvalue weighted by Gasteiger charge is -1.93. The first-order valence-electron chi connectivity index (χ1n) is 2.69. The average molecular weight is 99.1 g/mol. The minimum atomic E-state index is -0.384. The predicted octanol–water partition coefficient (Wildman–Crippen LogP) is 0.347. The Bertz CT molecular complexity index is 92.1. The molecule has 1 radical (unpaired) electrons. The molecule has 1 aliphatic carbocycles. The maximum Gasteiger partial charge on any atom is 0.122 e. The maximum atomic E-state index is 10.6. The first kappa shape index (κ1) is 3.87. The van der Waals surface area contributed by atoms with E-state index in [1.54, 1.807) is 0 Å². The van der Waals surface area contributed by atoms with Gasteiger partial charge in [0.25, 0.3) is 0 Å². The van der Waals surface area contributed by atoms with E-state index in [0.717, 1.165) is 12.8 Å². The molecule has 7 heavy (non-hydrogen) atoms. The second-order valence-corrected chi connectivity index (χ2v) is 2.25. The molecule has 1 aliphatic heterocycles. The molecule has 2 heteroatoms. The molecule has 2 nitrogen and oxygen atoms in total. The van der Waals surface area contributed by atoms with E-state index in [1.807, 2.05) is 0 Å². The fourth-order valence-corrected chi connectivity index (χ4v) is 1.21. The van der Waals surface area contributed by atoms with E-state index >= 15 is 0 Å². The fourth-order valence-electron chi connectivity index (χ4n) is 1.21. The topological polar surface area (TPSA) is 32.4 Å². The summed E-state index contributed by atoms with van der Waals surface area (Å²) in [5.41, 5.74) is 0. The van der Waals surface area contributed by atoms with Crippen LogP contribution in [0.5, 0.6) is 0 Å². The average Bonchev–Trinajstić information content (AvgIpc) is 2.33. The van der Waals surface area contributed by atoms with Crippen molar-refractivity contribution in [1.82, 2.24) is 0 Å². The standard InChI is InChI=1S/C5H7O2/c6-3-1-2-4-5(3)7-4/h3-5H,1-2H2. The summed E-state index contributed by atoms with van der Waals surface area (Å²) in [7, 11) is 0. The third kappa shape index (κ3) is 0.409. The van der Waals surface area contributed by atoms with Crippen LogP contribution in [-0.4, -0.2) is 18.3 Å². The summed E-state index contributed by atoms with van der Waals surface area (Å²) in [4.78, 5) is 0. The normalized spacial score (nSPS) is 57.0.